The third kappa shape index (κ3) is 4.74. The maximum atomic E-state index is 12.9. The van der Waals surface area contributed by atoms with Gasteiger partial charge in [0, 0.05) is 12.4 Å². The van der Waals surface area contributed by atoms with Gasteiger partial charge in [-0.25, -0.2) is 18.7 Å². The van der Waals surface area contributed by atoms with E-state index in [1.807, 2.05) is 0 Å². The highest BCUT2D eigenvalue weighted by atomic mass is 127. The molecule has 0 atom stereocenters. The molecule has 106 valence electrons. The molecule has 4 nitrogen and oxygen atoms in total. The predicted molar refractivity (Wildman–Crippen MR) is 80.6 cm³/mol. The van der Waals surface area contributed by atoms with Crippen LogP contribution in [0.1, 0.15) is 11.4 Å². The summed E-state index contributed by atoms with van der Waals surface area (Å²) in [5, 5.41) is 17.0. The van der Waals surface area contributed by atoms with E-state index in [1.54, 1.807) is 34.7 Å². The number of hydrogen-bond donors (Lipinski definition) is 0. The highest BCUT2D eigenvalue weighted by Gasteiger charge is 2.09. The van der Waals surface area contributed by atoms with Crippen LogP contribution in [0.15, 0.2) is 18.5 Å². The van der Waals surface area contributed by atoms with Crippen LogP contribution in [0, 0.1) is 37.9 Å². The van der Waals surface area contributed by atoms with E-state index in [2.05, 4.69) is 9.97 Å². The van der Waals surface area contributed by atoms with E-state index in [4.69, 9.17) is 33.7 Å². The SMILES string of the molecule is N#Cc1ncc(Cl)c(I)c1F.N#Cc1ncc(Cl)cc1F. The Morgan fingerprint density at radius 3 is 2.14 bits per heavy atom. The van der Waals surface area contributed by atoms with Gasteiger partial charge in [0.1, 0.15) is 12.1 Å². The van der Waals surface area contributed by atoms with Crippen LogP contribution < -0.4 is 0 Å². The molecular weight excluding hydrogens is 436 g/mol. The molecule has 0 fully saturated rings. The minimum Gasteiger partial charge on any atom is -0.241 e. The maximum absolute atomic E-state index is 12.9. The van der Waals surface area contributed by atoms with Crippen LogP contribution in [0.5, 0.6) is 0 Å². The van der Waals surface area contributed by atoms with Gasteiger partial charge in [-0.15, -0.1) is 0 Å². The summed E-state index contributed by atoms with van der Waals surface area (Å²) in [6.45, 7) is 0. The molecule has 0 N–H and O–H groups in total. The Labute approximate surface area is 142 Å². The highest BCUT2D eigenvalue weighted by molar-refractivity contribution is 14.1. The van der Waals surface area contributed by atoms with Crippen LogP contribution in [0.4, 0.5) is 8.78 Å². The van der Waals surface area contributed by atoms with E-state index in [0.29, 0.717) is 0 Å². The second kappa shape index (κ2) is 8.03. The smallest absolute Gasteiger partial charge is 0.177 e. The predicted octanol–water partition coefficient (Wildman–Crippen LogP) is 4.10. The molecule has 2 aromatic rings. The lowest BCUT2D eigenvalue weighted by atomic mass is 10.3. The fourth-order valence-electron chi connectivity index (χ4n) is 1.02. The zero-order valence-electron chi connectivity index (χ0n) is 9.91. The second-order valence-corrected chi connectivity index (χ2v) is 5.21. The number of hydrogen-bond acceptors (Lipinski definition) is 4. The zero-order chi connectivity index (χ0) is 16.0. The van der Waals surface area contributed by atoms with E-state index in [0.717, 1.165) is 6.07 Å². The molecule has 0 saturated carbocycles. The standard InChI is InChI=1S/C6HClFIN2.C6H2ClFN2/c7-3-2-11-4(1-10)5(8)6(3)9;7-4-1-5(8)6(2-9)10-3-4/h2H;1,3H. The quantitative estimate of drug-likeness (QED) is 0.580. The number of aromatic nitrogens is 2. The average molecular weight is 439 g/mol. The lowest BCUT2D eigenvalue weighted by Gasteiger charge is -1.96. The van der Waals surface area contributed by atoms with Gasteiger partial charge in [0.15, 0.2) is 23.0 Å². The Morgan fingerprint density at radius 2 is 1.62 bits per heavy atom. The number of pyridine rings is 2. The first-order chi connectivity index (χ1) is 9.90. The number of rotatable bonds is 0. The molecule has 0 spiro atoms. The van der Waals surface area contributed by atoms with Crippen LogP contribution in [0.3, 0.4) is 0 Å². The van der Waals surface area contributed by atoms with Crippen LogP contribution >= 0.6 is 45.8 Å². The van der Waals surface area contributed by atoms with Gasteiger partial charge in [0.25, 0.3) is 0 Å². The van der Waals surface area contributed by atoms with Gasteiger partial charge in [-0.2, -0.15) is 10.5 Å². The molecule has 2 aromatic heterocycles. The Morgan fingerprint density at radius 1 is 1.05 bits per heavy atom. The van der Waals surface area contributed by atoms with Crippen molar-refractivity contribution in [3.63, 3.8) is 0 Å². The van der Waals surface area contributed by atoms with Crippen molar-refractivity contribution in [2.75, 3.05) is 0 Å². The summed E-state index contributed by atoms with van der Waals surface area (Å²) in [6.07, 6.45) is 2.48. The first-order valence-corrected chi connectivity index (χ1v) is 6.85. The largest absolute Gasteiger partial charge is 0.241 e. The van der Waals surface area contributed by atoms with E-state index in [-0.39, 0.29) is 25.0 Å². The molecule has 0 bridgehead atoms. The molecule has 21 heavy (non-hydrogen) atoms. The summed E-state index contributed by atoms with van der Waals surface area (Å²) >= 11 is 12.6. The lowest BCUT2D eigenvalue weighted by molar-refractivity contribution is 0.609. The Bertz CT molecular complexity index is 756. The highest BCUT2D eigenvalue weighted by Crippen LogP contribution is 2.21. The molecule has 0 aliphatic carbocycles. The van der Waals surface area contributed by atoms with Gasteiger partial charge in [-0.1, -0.05) is 23.2 Å². The van der Waals surface area contributed by atoms with Crippen LogP contribution in [-0.2, 0) is 0 Å². The summed E-state index contributed by atoms with van der Waals surface area (Å²) in [6, 6.07) is 4.24. The van der Waals surface area contributed by atoms with E-state index in [1.165, 1.54) is 12.4 Å². The third-order valence-electron chi connectivity index (χ3n) is 1.94. The van der Waals surface area contributed by atoms with Crippen molar-refractivity contribution >= 4 is 45.8 Å². The average Bonchev–Trinajstić information content (AvgIpc) is 2.46. The first-order valence-electron chi connectivity index (χ1n) is 5.01. The number of halogens is 5. The second-order valence-electron chi connectivity index (χ2n) is 3.29. The van der Waals surface area contributed by atoms with Crippen molar-refractivity contribution in [3.05, 3.63) is 55.1 Å². The van der Waals surface area contributed by atoms with Gasteiger partial charge in [-0.3, -0.25) is 0 Å². The molecule has 0 aliphatic heterocycles. The lowest BCUT2D eigenvalue weighted by Crippen LogP contribution is -1.92. The molecule has 0 radical (unpaired) electrons. The molecule has 0 aliphatic rings. The zero-order valence-corrected chi connectivity index (χ0v) is 13.6. The molecule has 2 rings (SSSR count). The van der Waals surface area contributed by atoms with Crippen LogP contribution in [0.2, 0.25) is 10.0 Å². The minimum atomic E-state index is -0.685. The molecule has 0 saturated heterocycles. The first kappa shape index (κ1) is 17.5. The summed E-state index contributed by atoms with van der Waals surface area (Å²) in [5.41, 5.74) is -0.455. The van der Waals surface area contributed by atoms with Crippen molar-refractivity contribution in [2.45, 2.75) is 0 Å². The van der Waals surface area contributed by atoms with E-state index >= 15 is 0 Å². The number of nitrogens with zero attached hydrogens (tertiary/aromatic N) is 4. The van der Waals surface area contributed by atoms with Gasteiger partial charge >= 0.3 is 0 Å². The third-order valence-corrected chi connectivity index (χ3v) is 3.80. The molecular formula is C12H3Cl2F2IN4. The van der Waals surface area contributed by atoms with Gasteiger partial charge in [0.05, 0.1) is 13.6 Å². The van der Waals surface area contributed by atoms with Crippen molar-refractivity contribution in [1.82, 2.24) is 9.97 Å². The van der Waals surface area contributed by atoms with Gasteiger partial charge in [0.2, 0.25) is 0 Å². The summed E-state index contributed by atoms with van der Waals surface area (Å²) in [7, 11) is 0. The monoisotopic (exact) mass is 438 g/mol. The maximum Gasteiger partial charge on any atom is 0.177 e. The van der Waals surface area contributed by atoms with Crippen molar-refractivity contribution in [1.29, 1.82) is 10.5 Å². The summed E-state index contributed by atoms with van der Waals surface area (Å²) in [4.78, 5) is 6.91. The Balaban J connectivity index is 0.000000211. The fourth-order valence-corrected chi connectivity index (χ4v) is 1.69. The summed E-state index contributed by atoms with van der Waals surface area (Å²) < 4.78 is 25.6. The summed E-state index contributed by atoms with van der Waals surface area (Å²) in [5.74, 6) is -1.34. The molecule has 2 heterocycles. The normalized spacial score (nSPS) is 9.10. The Kier molecular flexibility index (Phi) is 6.69. The van der Waals surface area contributed by atoms with E-state index < -0.39 is 11.6 Å². The number of nitriles is 2. The van der Waals surface area contributed by atoms with Gasteiger partial charge in [-0.05, 0) is 28.7 Å². The topological polar surface area (TPSA) is 73.4 Å². The van der Waals surface area contributed by atoms with Gasteiger partial charge < -0.3 is 0 Å². The molecule has 9 heteroatoms. The molecule has 0 amide bonds. The minimum absolute atomic E-state index is 0.191. The molecule has 0 unspecified atom stereocenters. The van der Waals surface area contributed by atoms with E-state index in [9.17, 15) is 8.78 Å². The Hall–Kier alpha value is -1.55. The van der Waals surface area contributed by atoms with Crippen molar-refractivity contribution in [3.8, 4) is 12.1 Å². The van der Waals surface area contributed by atoms with Crippen molar-refractivity contribution in [2.24, 2.45) is 0 Å². The molecule has 0 aromatic carbocycles. The van der Waals surface area contributed by atoms with Crippen LogP contribution in [0.25, 0.3) is 0 Å². The van der Waals surface area contributed by atoms with Crippen LogP contribution in [-0.4, -0.2) is 9.97 Å². The fraction of sp³-hybridized carbons (Fsp3) is 0. The van der Waals surface area contributed by atoms with Crippen molar-refractivity contribution < 1.29 is 8.78 Å².